The molecule has 0 bridgehead atoms. The SMILES string of the molecule is Nc1ncnc2c1sc1cc(-c3cccc(C(=O)N4CCOCC4)c3)ccc12. The van der Waals surface area contributed by atoms with Gasteiger partial charge >= 0.3 is 0 Å². The number of amides is 1. The molecule has 5 rings (SSSR count). The summed E-state index contributed by atoms with van der Waals surface area (Å²) >= 11 is 1.59. The van der Waals surface area contributed by atoms with E-state index in [1.165, 1.54) is 6.33 Å². The van der Waals surface area contributed by atoms with E-state index < -0.39 is 0 Å². The predicted molar refractivity (Wildman–Crippen MR) is 111 cm³/mol. The number of hydrogen-bond donors (Lipinski definition) is 1. The molecule has 3 heterocycles. The van der Waals surface area contributed by atoms with Gasteiger partial charge in [-0.25, -0.2) is 9.97 Å². The van der Waals surface area contributed by atoms with Crippen molar-refractivity contribution in [2.24, 2.45) is 0 Å². The third-order valence-corrected chi connectivity index (χ3v) is 6.19. The average molecular weight is 390 g/mol. The van der Waals surface area contributed by atoms with Crippen LogP contribution in [-0.2, 0) is 4.74 Å². The molecule has 1 fully saturated rings. The molecule has 28 heavy (non-hydrogen) atoms. The van der Waals surface area contributed by atoms with Crippen molar-refractivity contribution in [3.05, 3.63) is 54.4 Å². The first-order chi connectivity index (χ1) is 13.7. The number of thiophene rings is 1. The highest BCUT2D eigenvalue weighted by Crippen LogP contribution is 2.37. The molecule has 1 aliphatic heterocycles. The first-order valence-electron chi connectivity index (χ1n) is 9.11. The van der Waals surface area contributed by atoms with Crippen LogP contribution in [0.1, 0.15) is 10.4 Å². The van der Waals surface area contributed by atoms with Crippen LogP contribution in [-0.4, -0.2) is 47.1 Å². The van der Waals surface area contributed by atoms with Gasteiger partial charge in [0.25, 0.3) is 5.91 Å². The van der Waals surface area contributed by atoms with Crippen LogP contribution in [0.25, 0.3) is 31.4 Å². The number of nitrogens with two attached hydrogens (primary N) is 1. The fraction of sp³-hybridized carbons (Fsp3) is 0.190. The molecule has 7 heteroatoms. The molecular weight excluding hydrogens is 372 g/mol. The van der Waals surface area contributed by atoms with Crippen molar-refractivity contribution in [1.82, 2.24) is 14.9 Å². The maximum atomic E-state index is 12.8. The molecule has 0 spiro atoms. The van der Waals surface area contributed by atoms with E-state index >= 15 is 0 Å². The Bertz CT molecular complexity index is 1200. The van der Waals surface area contributed by atoms with E-state index in [1.54, 1.807) is 11.3 Å². The molecular formula is C21H18N4O2S. The summed E-state index contributed by atoms with van der Waals surface area (Å²) in [7, 11) is 0. The van der Waals surface area contributed by atoms with Gasteiger partial charge in [-0.15, -0.1) is 11.3 Å². The quantitative estimate of drug-likeness (QED) is 0.566. The molecule has 1 aliphatic rings. The Hall–Kier alpha value is -3.03. The number of anilines is 1. The third-order valence-electron chi connectivity index (χ3n) is 5.02. The van der Waals surface area contributed by atoms with Gasteiger partial charge in [-0.2, -0.15) is 0 Å². The fourth-order valence-corrected chi connectivity index (χ4v) is 4.65. The van der Waals surface area contributed by atoms with Crippen molar-refractivity contribution < 1.29 is 9.53 Å². The van der Waals surface area contributed by atoms with Crippen molar-refractivity contribution in [3.8, 4) is 11.1 Å². The van der Waals surface area contributed by atoms with E-state index in [0.29, 0.717) is 37.7 Å². The maximum Gasteiger partial charge on any atom is 0.254 e. The summed E-state index contributed by atoms with van der Waals surface area (Å²) in [4.78, 5) is 23.1. The summed E-state index contributed by atoms with van der Waals surface area (Å²) in [5.74, 6) is 0.557. The Morgan fingerprint density at radius 1 is 1.07 bits per heavy atom. The van der Waals surface area contributed by atoms with Crippen LogP contribution < -0.4 is 5.73 Å². The highest BCUT2D eigenvalue weighted by atomic mass is 32.1. The Kier molecular flexibility index (Phi) is 4.18. The molecule has 2 aromatic carbocycles. The van der Waals surface area contributed by atoms with Crippen LogP contribution in [0.15, 0.2) is 48.8 Å². The standard InChI is InChI=1S/C21H18N4O2S/c22-20-19-18(23-12-24-20)16-5-4-14(11-17(16)28-19)13-2-1-3-15(10-13)21(26)25-6-8-27-9-7-25/h1-5,10-12H,6-9H2,(H2,22,23,24). The molecule has 6 nitrogen and oxygen atoms in total. The fourth-order valence-electron chi connectivity index (χ4n) is 3.55. The lowest BCUT2D eigenvalue weighted by Crippen LogP contribution is -2.40. The van der Waals surface area contributed by atoms with Crippen LogP contribution >= 0.6 is 11.3 Å². The van der Waals surface area contributed by atoms with Gasteiger partial charge in [0.2, 0.25) is 0 Å². The third kappa shape index (κ3) is 2.89. The minimum atomic E-state index is 0.0520. The maximum absolute atomic E-state index is 12.8. The number of nitrogen functional groups attached to an aromatic ring is 1. The zero-order valence-corrected chi connectivity index (χ0v) is 15.9. The lowest BCUT2D eigenvalue weighted by molar-refractivity contribution is 0.0303. The number of nitrogens with zero attached hydrogens (tertiary/aromatic N) is 3. The summed E-state index contributed by atoms with van der Waals surface area (Å²) in [6.07, 6.45) is 1.50. The number of carbonyl (C=O) groups excluding carboxylic acids is 1. The largest absolute Gasteiger partial charge is 0.382 e. The van der Waals surface area contributed by atoms with Gasteiger partial charge in [-0.1, -0.05) is 24.3 Å². The molecule has 2 aromatic heterocycles. The molecule has 0 saturated carbocycles. The molecule has 0 radical (unpaired) electrons. The molecule has 0 atom stereocenters. The Labute approximate surface area is 165 Å². The summed E-state index contributed by atoms with van der Waals surface area (Å²) in [5, 5.41) is 1.07. The first kappa shape index (κ1) is 17.1. The van der Waals surface area contributed by atoms with Crippen LogP contribution in [0.5, 0.6) is 0 Å². The highest BCUT2D eigenvalue weighted by molar-refractivity contribution is 7.26. The number of carbonyl (C=O) groups is 1. The van der Waals surface area contributed by atoms with Crippen LogP contribution in [0.2, 0.25) is 0 Å². The van der Waals surface area contributed by atoms with Gasteiger partial charge in [-0.05, 0) is 29.3 Å². The molecule has 4 aromatic rings. The molecule has 0 unspecified atom stereocenters. The van der Waals surface area contributed by atoms with Gasteiger partial charge in [0, 0.05) is 28.7 Å². The highest BCUT2D eigenvalue weighted by Gasteiger charge is 2.19. The lowest BCUT2D eigenvalue weighted by atomic mass is 10.0. The van der Waals surface area contributed by atoms with Crippen molar-refractivity contribution >= 4 is 43.4 Å². The molecule has 2 N–H and O–H groups in total. The zero-order chi connectivity index (χ0) is 19.1. The monoisotopic (exact) mass is 390 g/mol. The van der Waals surface area contributed by atoms with E-state index in [9.17, 15) is 4.79 Å². The summed E-state index contributed by atoms with van der Waals surface area (Å²) in [6, 6.07) is 14.0. The van der Waals surface area contributed by atoms with Crippen molar-refractivity contribution in [2.45, 2.75) is 0 Å². The smallest absolute Gasteiger partial charge is 0.254 e. The second-order valence-electron chi connectivity index (χ2n) is 6.74. The molecule has 140 valence electrons. The van der Waals surface area contributed by atoms with Gasteiger partial charge in [-0.3, -0.25) is 4.79 Å². The van der Waals surface area contributed by atoms with Gasteiger partial charge in [0.05, 0.1) is 23.4 Å². The second-order valence-corrected chi connectivity index (χ2v) is 7.79. The number of aromatic nitrogens is 2. The first-order valence-corrected chi connectivity index (χ1v) is 9.92. The van der Waals surface area contributed by atoms with E-state index in [2.05, 4.69) is 28.2 Å². The summed E-state index contributed by atoms with van der Waals surface area (Å²) < 4.78 is 7.35. The topological polar surface area (TPSA) is 81.3 Å². The molecule has 1 saturated heterocycles. The Morgan fingerprint density at radius 2 is 1.89 bits per heavy atom. The predicted octanol–water partition coefficient (Wildman–Crippen LogP) is 3.57. The van der Waals surface area contributed by atoms with Crippen molar-refractivity contribution in [1.29, 1.82) is 0 Å². The summed E-state index contributed by atoms with van der Waals surface area (Å²) in [5.41, 5.74) is 9.66. The number of ether oxygens (including phenoxy) is 1. The van der Waals surface area contributed by atoms with Crippen LogP contribution in [0.3, 0.4) is 0 Å². The second kappa shape index (κ2) is 6.85. The van der Waals surface area contributed by atoms with Gasteiger partial charge < -0.3 is 15.4 Å². The van der Waals surface area contributed by atoms with Gasteiger partial charge in [0.1, 0.15) is 12.1 Å². The zero-order valence-electron chi connectivity index (χ0n) is 15.1. The van der Waals surface area contributed by atoms with E-state index in [-0.39, 0.29) is 5.91 Å². The molecule has 0 aliphatic carbocycles. The number of fused-ring (bicyclic) bond motifs is 3. The number of rotatable bonds is 2. The Balaban J connectivity index is 1.53. The van der Waals surface area contributed by atoms with E-state index in [1.807, 2.05) is 29.2 Å². The van der Waals surface area contributed by atoms with Crippen molar-refractivity contribution in [3.63, 3.8) is 0 Å². The van der Waals surface area contributed by atoms with E-state index in [0.717, 1.165) is 31.4 Å². The number of hydrogen-bond acceptors (Lipinski definition) is 6. The lowest BCUT2D eigenvalue weighted by Gasteiger charge is -2.27. The van der Waals surface area contributed by atoms with E-state index in [4.69, 9.17) is 10.5 Å². The van der Waals surface area contributed by atoms with Crippen LogP contribution in [0.4, 0.5) is 5.82 Å². The number of morpholine rings is 1. The average Bonchev–Trinajstić information content (AvgIpc) is 3.13. The van der Waals surface area contributed by atoms with Gasteiger partial charge in [0.15, 0.2) is 0 Å². The number of benzene rings is 2. The summed E-state index contributed by atoms with van der Waals surface area (Å²) in [6.45, 7) is 2.47. The molecule has 1 amide bonds. The van der Waals surface area contributed by atoms with Crippen molar-refractivity contribution in [2.75, 3.05) is 32.0 Å². The minimum Gasteiger partial charge on any atom is -0.382 e. The minimum absolute atomic E-state index is 0.0520. The Morgan fingerprint density at radius 3 is 2.75 bits per heavy atom. The van der Waals surface area contributed by atoms with Crippen LogP contribution in [0, 0.1) is 0 Å². The normalized spacial score (nSPS) is 14.6.